The molecule has 0 unspecified atom stereocenters. The fourth-order valence-corrected chi connectivity index (χ4v) is 6.68. The predicted molar refractivity (Wildman–Crippen MR) is 160 cm³/mol. The molecule has 0 saturated carbocycles. The highest BCUT2D eigenvalue weighted by atomic mass is 32.1. The van der Waals surface area contributed by atoms with Gasteiger partial charge in [-0.15, -0.1) is 11.3 Å². The zero-order chi connectivity index (χ0) is 29.2. The average molecular weight is 593 g/mol. The second kappa shape index (κ2) is 12.3. The van der Waals surface area contributed by atoms with Gasteiger partial charge in [0.15, 0.2) is 5.82 Å². The molecule has 3 N–H and O–H groups in total. The van der Waals surface area contributed by atoms with Crippen molar-refractivity contribution in [1.29, 1.82) is 0 Å². The number of benzene rings is 2. The maximum Gasteiger partial charge on any atom is 0.274 e. The van der Waals surface area contributed by atoms with Gasteiger partial charge in [0.1, 0.15) is 22.8 Å². The third kappa shape index (κ3) is 5.67. The molecule has 42 heavy (non-hydrogen) atoms. The molecule has 2 saturated heterocycles. The Balaban J connectivity index is 1.32. The number of halogens is 1. The first-order chi connectivity index (χ1) is 20.4. The van der Waals surface area contributed by atoms with E-state index < -0.39 is 11.7 Å². The molecule has 2 fully saturated rings. The monoisotopic (exact) mass is 592 g/mol. The number of amides is 1. The number of nitrogens with one attached hydrogen (secondary N) is 2. The molecule has 6 rings (SSSR count). The number of aromatic nitrogens is 3. The molecule has 2 aromatic carbocycles. The minimum absolute atomic E-state index is 0.0292. The summed E-state index contributed by atoms with van der Waals surface area (Å²) in [7, 11) is 1.44. The fourth-order valence-electron chi connectivity index (χ4n) is 5.85. The maximum absolute atomic E-state index is 14.7. The van der Waals surface area contributed by atoms with Gasteiger partial charge in [0.25, 0.3) is 5.91 Å². The molecule has 0 aliphatic carbocycles. The number of ether oxygens (including phenoxy) is 2. The van der Waals surface area contributed by atoms with Crippen LogP contribution in [0.3, 0.4) is 0 Å². The van der Waals surface area contributed by atoms with E-state index in [4.69, 9.17) is 14.5 Å². The van der Waals surface area contributed by atoms with E-state index in [2.05, 4.69) is 25.5 Å². The number of thiazole rings is 1. The van der Waals surface area contributed by atoms with Crippen LogP contribution in [0.4, 0.5) is 15.8 Å². The summed E-state index contributed by atoms with van der Waals surface area (Å²) in [5, 5.41) is 18.1. The Morgan fingerprint density at radius 1 is 1.19 bits per heavy atom. The molecule has 1 amide bonds. The zero-order valence-corrected chi connectivity index (χ0v) is 24.3. The topological polar surface area (TPSA) is 122 Å². The number of carbonyl (C=O) groups excluding carboxylic acids is 1. The normalized spacial score (nSPS) is 19.4. The lowest BCUT2D eigenvalue weighted by molar-refractivity contribution is 0.0753. The SMILES string of the molecule is COc1cccc(F)c1-c1nccc(C(=O)Nc2ccc3sc(C)nc3c2N2C[C@H](NC3CCOCC3)C[C@H]2CO)n1. The molecule has 0 radical (unpaired) electrons. The number of carbonyl (C=O) groups is 1. The first-order valence-corrected chi connectivity index (χ1v) is 14.9. The number of aliphatic hydroxyl groups excluding tert-OH is 1. The Morgan fingerprint density at radius 3 is 2.81 bits per heavy atom. The van der Waals surface area contributed by atoms with Crippen LogP contribution in [0.25, 0.3) is 21.6 Å². The highest BCUT2D eigenvalue weighted by Crippen LogP contribution is 2.40. The van der Waals surface area contributed by atoms with E-state index in [1.54, 1.807) is 17.4 Å². The van der Waals surface area contributed by atoms with Crippen LogP contribution in [0.2, 0.25) is 0 Å². The van der Waals surface area contributed by atoms with Crippen LogP contribution >= 0.6 is 11.3 Å². The summed E-state index contributed by atoms with van der Waals surface area (Å²) < 4.78 is 26.5. The van der Waals surface area contributed by atoms with Crippen molar-refractivity contribution in [2.45, 2.75) is 44.3 Å². The average Bonchev–Trinajstić information content (AvgIpc) is 3.59. The molecule has 0 bridgehead atoms. The Kier molecular flexibility index (Phi) is 8.29. The van der Waals surface area contributed by atoms with E-state index in [1.165, 1.54) is 31.5 Å². The van der Waals surface area contributed by atoms with E-state index >= 15 is 0 Å². The molecule has 220 valence electrons. The standard InChI is InChI=1S/C30H33FN6O4S/c1-17-33-27-25(42-17)7-6-22(28(27)37-15-19(14-20(37)16-38)34-18-9-12-41-13-10-18)36-30(39)23-8-11-32-29(35-23)26-21(31)4-3-5-24(26)40-2/h3-8,11,18-20,34,38H,9-10,12-16H2,1-2H3,(H,36,39)/t19-,20+/m1/s1. The first-order valence-electron chi connectivity index (χ1n) is 14.0. The molecule has 10 nitrogen and oxygen atoms in total. The molecular formula is C30H33FN6O4S. The summed E-state index contributed by atoms with van der Waals surface area (Å²) >= 11 is 1.58. The van der Waals surface area contributed by atoms with Gasteiger partial charge >= 0.3 is 0 Å². The number of hydrogen-bond donors (Lipinski definition) is 3. The summed E-state index contributed by atoms with van der Waals surface area (Å²) in [4.78, 5) is 29.1. The molecule has 2 atom stereocenters. The summed E-state index contributed by atoms with van der Waals surface area (Å²) in [5.41, 5.74) is 2.27. The van der Waals surface area contributed by atoms with E-state index in [-0.39, 0.29) is 41.5 Å². The summed E-state index contributed by atoms with van der Waals surface area (Å²) in [6.07, 6.45) is 4.11. The first kappa shape index (κ1) is 28.4. The van der Waals surface area contributed by atoms with Crippen molar-refractivity contribution in [1.82, 2.24) is 20.3 Å². The van der Waals surface area contributed by atoms with E-state index in [9.17, 15) is 14.3 Å². The van der Waals surface area contributed by atoms with Gasteiger partial charge in [0.2, 0.25) is 0 Å². The maximum atomic E-state index is 14.7. The van der Waals surface area contributed by atoms with Gasteiger partial charge in [-0.3, -0.25) is 4.79 Å². The van der Waals surface area contributed by atoms with Gasteiger partial charge in [-0.1, -0.05) is 6.07 Å². The van der Waals surface area contributed by atoms with Crippen molar-refractivity contribution in [3.63, 3.8) is 0 Å². The molecular weight excluding hydrogens is 559 g/mol. The summed E-state index contributed by atoms with van der Waals surface area (Å²) in [6.45, 7) is 4.08. The van der Waals surface area contributed by atoms with Crippen molar-refractivity contribution in [3.05, 3.63) is 59.1 Å². The van der Waals surface area contributed by atoms with E-state index in [0.29, 0.717) is 18.3 Å². The van der Waals surface area contributed by atoms with Crippen molar-refractivity contribution in [3.8, 4) is 17.1 Å². The zero-order valence-electron chi connectivity index (χ0n) is 23.5. The number of methoxy groups -OCH3 is 1. The quantitative estimate of drug-likeness (QED) is 0.277. The van der Waals surface area contributed by atoms with Crippen LogP contribution in [0.5, 0.6) is 5.75 Å². The summed E-state index contributed by atoms with van der Waals surface area (Å²) in [5.74, 6) is -0.706. The third-order valence-corrected chi connectivity index (χ3v) is 8.74. The molecule has 0 spiro atoms. The van der Waals surface area contributed by atoms with Crippen molar-refractivity contribution in [2.24, 2.45) is 0 Å². The number of anilines is 2. The lowest BCUT2D eigenvalue weighted by Crippen LogP contribution is -2.43. The highest BCUT2D eigenvalue weighted by molar-refractivity contribution is 7.18. The van der Waals surface area contributed by atoms with Crippen LogP contribution in [0.15, 0.2) is 42.6 Å². The highest BCUT2D eigenvalue weighted by Gasteiger charge is 2.36. The van der Waals surface area contributed by atoms with Crippen LogP contribution < -0.4 is 20.3 Å². The van der Waals surface area contributed by atoms with Crippen molar-refractivity contribution < 1.29 is 23.8 Å². The molecule has 4 aromatic rings. The van der Waals surface area contributed by atoms with Crippen LogP contribution in [0, 0.1) is 12.7 Å². The second-order valence-electron chi connectivity index (χ2n) is 10.6. The smallest absolute Gasteiger partial charge is 0.274 e. The fraction of sp³-hybridized carbons (Fsp3) is 0.400. The number of nitrogens with zero attached hydrogens (tertiary/aromatic N) is 4. The van der Waals surface area contributed by atoms with Gasteiger partial charge in [0, 0.05) is 38.0 Å². The third-order valence-electron chi connectivity index (χ3n) is 7.80. The second-order valence-corrected chi connectivity index (χ2v) is 11.8. The summed E-state index contributed by atoms with van der Waals surface area (Å²) in [6, 6.07) is 10.1. The largest absolute Gasteiger partial charge is 0.496 e. The minimum Gasteiger partial charge on any atom is -0.496 e. The Bertz CT molecular complexity index is 1590. The molecule has 2 aromatic heterocycles. The Labute approximate surface area is 246 Å². The molecule has 2 aliphatic rings. The van der Waals surface area contributed by atoms with E-state index in [1.807, 2.05) is 19.1 Å². The molecule has 12 heteroatoms. The number of aliphatic hydroxyl groups is 1. The lowest BCUT2D eigenvalue weighted by atomic mass is 10.1. The van der Waals surface area contributed by atoms with E-state index in [0.717, 1.165) is 53.4 Å². The van der Waals surface area contributed by atoms with Crippen LogP contribution in [-0.2, 0) is 4.74 Å². The van der Waals surface area contributed by atoms with Gasteiger partial charge in [-0.2, -0.15) is 0 Å². The van der Waals surface area contributed by atoms with Crippen molar-refractivity contribution in [2.75, 3.05) is 43.7 Å². The van der Waals surface area contributed by atoms with Crippen LogP contribution in [0.1, 0.15) is 34.8 Å². The van der Waals surface area contributed by atoms with Crippen LogP contribution in [-0.4, -0.2) is 77.6 Å². The number of fused-ring (bicyclic) bond motifs is 1. The van der Waals surface area contributed by atoms with Gasteiger partial charge in [0.05, 0.1) is 46.4 Å². The van der Waals surface area contributed by atoms with Gasteiger partial charge in [-0.25, -0.2) is 19.3 Å². The van der Waals surface area contributed by atoms with Crippen molar-refractivity contribution >= 4 is 38.8 Å². The molecule has 4 heterocycles. The Hall–Kier alpha value is -3.71. The Morgan fingerprint density at radius 2 is 2.02 bits per heavy atom. The predicted octanol–water partition coefficient (Wildman–Crippen LogP) is 4.17. The molecule has 2 aliphatic heterocycles. The number of aryl methyl sites for hydroxylation is 1. The van der Waals surface area contributed by atoms with Gasteiger partial charge < -0.3 is 30.1 Å². The lowest BCUT2D eigenvalue weighted by Gasteiger charge is -2.29. The minimum atomic E-state index is -0.549. The number of rotatable bonds is 8. The number of hydrogen-bond acceptors (Lipinski definition) is 10. The van der Waals surface area contributed by atoms with Gasteiger partial charge in [-0.05, 0) is 56.5 Å².